The van der Waals surface area contributed by atoms with Crippen LogP contribution < -0.4 is 19.6 Å². The van der Waals surface area contributed by atoms with Crippen LogP contribution in [0.5, 0.6) is 5.75 Å². The van der Waals surface area contributed by atoms with E-state index in [4.69, 9.17) is 32.7 Å². The van der Waals surface area contributed by atoms with Crippen LogP contribution in [0.4, 0.5) is 0 Å². The van der Waals surface area contributed by atoms with Crippen LogP contribution in [0.1, 0.15) is 36.6 Å². The number of carbonyl (C=O) groups is 1. The van der Waals surface area contributed by atoms with Crippen LogP contribution >= 0.6 is 73.1 Å². The zero-order valence-electron chi connectivity index (χ0n) is 21.8. The Bertz CT molecular complexity index is 1870. The molecule has 5 rings (SSSR count). The molecule has 11 heteroatoms. The fraction of sp³-hybridized carbons (Fsp3) is 0.167. The maximum atomic E-state index is 14.0. The Morgan fingerprint density at radius 3 is 2.61 bits per heavy atom. The summed E-state index contributed by atoms with van der Waals surface area (Å²) in [7, 11) is 0. The number of hydrogen-bond acceptors (Lipinski definition) is 6. The minimum atomic E-state index is -0.797. The summed E-state index contributed by atoms with van der Waals surface area (Å²) in [6, 6.07) is 17.8. The average Bonchev–Trinajstić information content (AvgIpc) is 3.23. The molecule has 1 atom stereocenters. The van der Waals surface area contributed by atoms with Crippen molar-refractivity contribution < 1.29 is 14.3 Å². The lowest BCUT2D eigenvalue weighted by molar-refractivity contribution is -0.139. The van der Waals surface area contributed by atoms with Crippen molar-refractivity contribution in [2.45, 2.75) is 26.5 Å². The lowest BCUT2D eigenvalue weighted by Gasteiger charge is -2.25. The Morgan fingerprint density at radius 2 is 1.90 bits per heavy atom. The number of benzene rings is 3. The Hall–Kier alpha value is -2.44. The normalized spacial score (nSPS) is 15.0. The number of rotatable bonds is 7. The highest BCUT2D eigenvalue weighted by atomic mass is 127. The highest BCUT2D eigenvalue weighted by molar-refractivity contribution is 14.1. The number of thiazole rings is 1. The highest BCUT2D eigenvalue weighted by Gasteiger charge is 2.34. The van der Waals surface area contributed by atoms with Crippen LogP contribution in [-0.4, -0.2) is 17.1 Å². The van der Waals surface area contributed by atoms with Gasteiger partial charge in [0.2, 0.25) is 0 Å². The van der Waals surface area contributed by atoms with Crippen molar-refractivity contribution in [1.82, 2.24) is 4.57 Å². The summed E-state index contributed by atoms with van der Waals surface area (Å²) < 4.78 is 15.3. The van der Waals surface area contributed by atoms with Gasteiger partial charge in [-0.1, -0.05) is 80.8 Å². The molecule has 0 radical (unpaired) electrons. The predicted octanol–water partition coefficient (Wildman–Crippen LogP) is 7.05. The molecule has 1 aliphatic heterocycles. The molecule has 1 aliphatic rings. The Kier molecular flexibility index (Phi) is 9.40. The molecule has 1 aromatic heterocycles. The van der Waals surface area contributed by atoms with Crippen LogP contribution in [-0.2, 0) is 16.1 Å². The molecule has 210 valence electrons. The van der Waals surface area contributed by atoms with E-state index in [1.807, 2.05) is 36.4 Å². The van der Waals surface area contributed by atoms with Crippen molar-refractivity contribution in [2.24, 2.45) is 4.99 Å². The van der Waals surface area contributed by atoms with Crippen molar-refractivity contribution >= 4 is 85.1 Å². The van der Waals surface area contributed by atoms with Gasteiger partial charge in [-0.25, -0.2) is 9.79 Å². The number of halogens is 4. The molecule has 0 saturated heterocycles. The van der Waals surface area contributed by atoms with Gasteiger partial charge in [0.25, 0.3) is 5.56 Å². The van der Waals surface area contributed by atoms with E-state index in [1.54, 1.807) is 44.2 Å². The van der Waals surface area contributed by atoms with Gasteiger partial charge < -0.3 is 9.47 Å². The maximum Gasteiger partial charge on any atom is 0.338 e. The Balaban J connectivity index is 1.65. The minimum Gasteiger partial charge on any atom is -0.487 e. The Morgan fingerprint density at radius 1 is 1.17 bits per heavy atom. The molecule has 41 heavy (non-hydrogen) atoms. The minimum absolute atomic E-state index is 0.186. The van der Waals surface area contributed by atoms with Crippen molar-refractivity contribution in [1.29, 1.82) is 0 Å². The standard InChI is InChI=1S/C30H22BrCl2IN2O4S/c1-3-39-29(38)25-16(2)35-30-36(26(25)21-6-4-5-7-22(21)33)28(37)24(41-30)13-18-12-20(32)14-23(34)27(18)40-15-17-8-10-19(31)11-9-17/h4-14,26H,3,15H2,1-2H3/b24-13-/t26-/m1/s1. The number of esters is 1. The number of hydrogen-bond donors (Lipinski definition) is 0. The first kappa shape index (κ1) is 30.0. The van der Waals surface area contributed by atoms with Crippen LogP contribution in [0.15, 0.2) is 86.2 Å². The number of allylic oxidation sites excluding steroid dienone is 1. The lowest BCUT2D eigenvalue weighted by atomic mass is 9.96. The van der Waals surface area contributed by atoms with E-state index in [0.29, 0.717) is 48.6 Å². The van der Waals surface area contributed by atoms with Gasteiger partial charge >= 0.3 is 5.97 Å². The molecular weight excluding hydrogens is 762 g/mol. The number of ether oxygens (including phenoxy) is 2. The van der Waals surface area contributed by atoms with Crippen molar-refractivity contribution in [3.8, 4) is 5.75 Å². The molecule has 0 amide bonds. The zero-order chi connectivity index (χ0) is 29.3. The predicted molar refractivity (Wildman–Crippen MR) is 174 cm³/mol. The maximum absolute atomic E-state index is 14.0. The highest BCUT2D eigenvalue weighted by Crippen LogP contribution is 2.35. The zero-order valence-corrected chi connectivity index (χ0v) is 27.9. The summed E-state index contributed by atoms with van der Waals surface area (Å²) in [4.78, 5) is 32.2. The first-order chi connectivity index (χ1) is 19.7. The second kappa shape index (κ2) is 12.8. The molecule has 0 saturated carbocycles. The fourth-order valence-corrected chi connectivity index (χ4v) is 7.25. The summed E-state index contributed by atoms with van der Waals surface area (Å²) in [5.41, 5.74) is 2.68. The van der Waals surface area contributed by atoms with Crippen LogP contribution in [0.2, 0.25) is 10.0 Å². The van der Waals surface area contributed by atoms with E-state index in [2.05, 4.69) is 43.5 Å². The van der Waals surface area contributed by atoms with Gasteiger partial charge in [-0.05, 0) is 84.0 Å². The van der Waals surface area contributed by atoms with Gasteiger partial charge in [-0.15, -0.1) is 0 Å². The summed E-state index contributed by atoms with van der Waals surface area (Å²) >= 11 is 19.9. The SMILES string of the molecule is CCOC(=O)C1=C(C)N=c2s/c(=C\c3cc(Cl)cc(I)c3OCc3ccc(Br)cc3)c(=O)n2[C@@H]1c1ccccc1Cl. The van der Waals surface area contributed by atoms with Gasteiger partial charge in [0.05, 0.1) is 26.0 Å². The van der Waals surface area contributed by atoms with Gasteiger partial charge in [-0.3, -0.25) is 9.36 Å². The summed E-state index contributed by atoms with van der Waals surface area (Å²) in [5, 5.41) is 0.940. The first-order valence-electron chi connectivity index (χ1n) is 12.5. The number of nitrogens with zero attached hydrogens (tertiary/aromatic N) is 2. The topological polar surface area (TPSA) is 69.9 Å². The van der Waals surface area contributed by atoms with E-state index in [9.17, 15) is 9.59 Å². The molecule has 0 fully saturated rings. The van der Waals surface area contributed by atoms with Gasteiger partial charge in [0, 0.05) is 20.1 Å². The van der Waals surface area contributed by atoms with E-state index in [0.717, 1.165) is 13.6 Å². The van der Waals surface area contributed by atoms with E-state index in [-0.39, 0.29) is 17.7 Å². The molecule has 0 bridgehead atoms. The Labute approximate surface area is 272 Å². The second-order valence-electron chi connectivity index (χ2n) is 9.04. The van der Waals surface area contributed by atoms with Gasteiger partial charge in [0.15, 0.2) is 4.80 Å². The van der Waals surface area contributed by atoms with Crippen LogP contribution in [0, 0.1) is 3.57 Å². The van der Waals surface area contributed by atoms with Gasteiger partial charge in [-0.2, -0.15) is 0 Å². The molecule has 0 spiro atoms. The second-order valence-corrected chi connectivity index (χ2v) is 13.0. The van der Waals surface area contributed by atoms with Gasteiger partial charge in [0.1, 0.15) is 18.4 Å². The molecule has 6 nitrogen and oxygen atoms in total. The molecule has 0 unspecified atom stereocenters. The fourth-order valence-electron chi connectivity index (χ4n) is 4.50. The van der Waals surface area contributed by atoms with Crippen molar-refractivity contribution in [3.05, 3.63) is 126 Å². The monoisotopic (exact) mass is 782 g/mol. The summed E-state index contributed by atoms with van der Waals surface area (Å²) in [5.74, 6) is 0.0655. The van der Waals surface area contributed by atoms with Crippen molar-refractivity contribution in [3.63, 3.8) is 0 Å². The lowest BCUT2D eigenvalue weighted by Crippen LogP contribution is -2.40. The van der Waals surface area contributed by atoms with E-state index in [1.165, 1.54) is 15.9 Å². The number of carbonyl (C=O) groups excluding carboxylic acids is 1. The summed E-state index contributed by atoms with van der Waals surface area (Å²) in [6.45, 7) is 3.99. The number of fused-ring (bicyclic) bond motifs is 1. The molecule has 0 aliphatic carbocycles. The largest absolute Gasteiger partial charge is 0.487 e. The average molecular weight is 784 g/mol. The molecule has 4 aromatic rings. The number of aromatic nitrogens is 1. The van der Waals surface area contributed by atoms with Crippen molar-refractivity contribution in [2.75, 3.05) is 6.61 Å². The third kappa shape index (κ3) is 6.34. The molecule has 0 N–H and O–H groups in total. The molecular formula is C30H22BrCl2IN2O4S. The van der Waals surface area contributed by atoms with E-state index < -0.39 is 12.0 Å². The molecule has 2 heterocycles. The first-order valence-corrected chi connectivity index (χ1v) is 15.9. The van der Waals surface area contributed by atoms with E-state index >= 15 is 0 Å². The molecule has 3 aromatic carbocycles. The third-order valence-corrected chi connectivity index (χ3v) is 9.21. The summed E-state index contributed by atoms with van der Waals surface area (Å²) in [6.07, 6.45) is 1.75. The van der Waals surface area contributed by atoms with Crippen LogP contribution in [0.3, 0.4) is 0 Å². The smallest absolute Gasteiger partial charge is 0.338 e. The quantitative estimate of drug-likeness (QED) is 0.149. The van der Waals surface area contributed by atoms with Crippen LogP contribution in [0.25, 0.3) is 6.08 Å². The third-order valence-electron chi connectivity index (χ3n) is 6.34.